The van der Waals surface area contributed by atoms with Crippen LogP contribution in [0.3, 0.4) is 0 Å². The first-order valence-corrected chi connectivity index (χ1v) is 10.2. The maximum absolute atomic E-state index is 14.5. The predicted octanol–water partition coefficient (Wildman–Crippen LogP) is 2.83. The molecule has 2 aliphatic rings. The second-order valence-corrected chi connectivity index (χ2v) is 8.45. The van der Waals surface area contributed by atoms with Crippen LogP contribution < -0.4 is 4.74 Å². The number of amides is 1. The molecule has 9 heteroatoms. The molecule has 1 spiro atoms. The van der Waals surface area contributed by atoms with E-state index >= 15 is 0 Å². The van der Waals surface area contributed by atoms with Crippen LogP contribution in [0.25, 0.3) is 0 Å². The summed E-state index contributed by atoms with van der Waals surface area (Å²) >= 11 is 1.13. The fourth-order valence-electron chi connectivity index (χ4n) is 3.92. The molecule has 2 heterocycles. The molecule has 2 N–H and O–H groups in total. The van der Waals surface area contributed by atoms with Crippen LogP contribution in [0.1, 0.15) is 24.5 Å². The standard InChI is InChI=1S/C21H20F2N2O4S/c1-12(27)25-21(30-20(24-25)16-9-14(22)6-7-18(16)23)13(8-15(28)10-26)11-29-19-5-3-2-4-17(19)21/h2-7,9,13,15,26,28H,8,10-11H2,1H3/t13?,15-,21?/m1/s1. The Labute approximate surface area is 176 Å². The van der Waals surface area contributed by atoms with Gasteiger partial charge in [0.1, 0.15) is 22.4 Å². The van der Waals surface area contributed by atoms with Crippen molar-refractivity contribution in [3.8, 4) is 5.75 Å². The van der Waals surface area contributed by atoms with Crippen LogP contribution in [0.15, 0.2) is 47.6 Å². The highest BCUT2D eigenvalue weighted by Gasteiger charge is 2.57. The number of aliphatic hydroxyl groups is 2. The third kappa shape index (κ3) is 3.36. The van der Waals surface area contributed by atoms with E-state index in [4.69, 9.17) is 4.74 Å². The van der Waals surface area contributed by atoms with Gasteiger partial charge in [-0.05, 0) is 30.7 Å². The lowest BCUT2D eigenvalue weighted by atomic mass is 9.85. The molecule has 2 aromatic rings. The monoisotopic (exact) mass is 434 g/mol. The normalized spacial score (nSPS) is 23.7. The number of halogens is 2. The summed E-state index contributed by atoms with van der Waals surface area (Å²) in [6.45, 7) is 1.04. The van der Waals surface area contributed by atoms with E-state index in [0.29, 0.717) is 11.3 Å². The first-order chi connectivity index (χ1) is 14.4. The summed E-state index contributed by atoms with van der Waals surface area (Å²) < 4.78 is 34.2. The Bertz CT molecular complexity index is 1020. The number of fused-ring (bicyclic) bond motifs is 2. The average molecular weight is 434 g/mol. The first kappa shape index (κ1) is 20.8. The third-order valence-corrected chi connectivity index (χ3v) is 6.78. The molecule has 0 bridgehead atoms. The lowest BCUT2D eigenvalue weighted by Crippen LogP contribution is -2.51. The lowest BCUT2D eigenvalue weighted by molar-refractivity contribution is -0.135. The van der Waals surface area contributed by atoms with Crippen LogP contribution in [-0.4, -0.2) is 45.5 Å². The molecular weight excluding hydrogens is 414 g/mol. The molecule has 0 saturated carbocycles. The van der Waals surface area contributed by atoms with Crippen LogP contribution in [-0.2, 0) is 9.67 Å². The zero-order chi connectivity index (χ0) is 21.5. The van der Waals surface area contributed by atoms with Crippen molar-refractivity contribution in [2.24, 2.45) is 11.0 Å². The molecule has 2 aliphatic heterocycles. The molecule has 0 fully saturated rings. The quantitative estimate of drug-likeness (QED) is 0.774. The van der Waals surface area contributed by atoms with Gasteiger partial charge < -0.3 is 14.9 Å². The highest BCUT2D eigenvalue weighted by molar-refractivity contribution is 8.15. The number of hydrogen-bond donors (Lipinski definition) is 2. The second-order valence-electron chi connectivity index (χ2n) is 7.23. The Morgan fingerprint density at radius 3 is 2.87 bits per heavy atom. The molecule has 0 radical (unpaired) electrons. The second kappa shape index (κ2) is 7.98. The van der Waals surface area contributed by atoms with E-state index in [1.165, 1.54) is 11.9 Å². The summed E-state index contributed by atoms with van der Waals surface area (Å²) in [5.74, 6) is -1.60. The molecule has 0 aromatic heterocycles. The Kier molecular flexibility index (Phi) is 5.52. The van der Waals surface area contributed by atoms with Crippen LogP contribution >= 0.6 is 11.8 Å². The van der Waals surface area contributed by atoms with Crippen LogP contribution in [0, 0.1) is 17.6 Å². The Morgan fingerprint density at radius 2 is 2.13 bits per heavy atom. The molecule has 30 heavy (non-hydrogen) atoms. The largest absolute Gasteiger partial charge is 0.493 e. The lowest BCUT2D eigenvalue weighted by Gasteiger charge is -2.45. The zero-order valence-corrected chi connectivity index (χ0v) is 16.9. The van der Waals surface area contributed by atoms with Crippen LogP contribution in [0.5, 0.6) is 5.75 Å². The summed E-state index contributed by atoms with van der Waals surface area (Å²) in [4.78, 5) is 11.5. The van der Waals surface area contributed by atoms with Crippen molar-refractivity contribution in [2.75, 3.05) is 13.2 Å². The van der Waals surface area contributed by atoms with Gasteiger partial charge in [-0.2, -0.15) is 5.10 Å². The zero-order valence-electron chi connectivity index (χ0n) is 16.1. The van der Waals surface area contributed by atoms with Gasteiger partial charge in [-0.15, -0.1) is 0 Å². The van der Waals surface area contributed by atoms with Gasteiger partial charge >= 0.3 is 0 Å². The topological polar surface area (TPSA) is 82.4 Å². The number of ether oxygens (including phenoxy) is 1. The molecule has 158 valence electrons. The number of thioether (sulfide) groups is 1. The van der Waals surface area contributed by atoms with Gasteiger partial charge in [0, 0.05) is 24.0 Å². The van der Waals surface area contributed by atoms with Gasteiger partial charge in [0.25, 0.3) is 0 Å². The molecule has 2 unspecified atom stereocenters. The van der Waals surface area contributed by atoms with Crippen molar-refractivity contribution >= 4 is 22.7 Å². The number of nitrogens with zero attached hydrogens (tertiary/aromatic N) is 2. The van der Waals surface area contributed by atoms with E-state index in [1.807, 2.05) is 0 Å². The van der Waals surface area contributed by atoms with E-state index in [1.54, 1.807) is 24.3 Å². The number of carbonyl (C=O) groups is 1. The molecule has 0 aliphatic carbocycles. The van der Waals surface area contributed by atoms with Gasteiger partial charge in [-0.3, -0.25) is 4.79 Å². The highest BCUT2D eigenvalue weighted by atomic mass is 32.2. The summed E-state index contributed by atoms with van der Waals surface area (Å²) in [5, 5.41) is 25.3. The number of rotatable bonds is 4. The average Bonchev–Trinajstić information content (AvgIpc) is 3.13. The van der Waals surface area contributed by atoms with E-state index in [9.17, 15) is 23.8 Å². The molecule has 0 saturated heterocycles. The number of benzene rings is 2. The van der Waals surface area contributed by atoms with Crippen molar-refractivity contribution < 1.29 is 28.5 Å². The summed E-state index contributed by atoms with van der Waals surface area (Å²) in [6, 6.07) is 10.2. The molecule has 4 rings (SSSR count). The minimum atomic E-state index is -1.13. The maximum atomic E-state index is 14.5. The van der Waals surface area contributed by atoms with Crippen molar-refractivity contribution in [2.45, 2.75) is 24.3 Å². The van der Waals surface area contributed by atoms with Gasteiger partial charge in [0.15, 0.2) is 4.87 Å². The van der Waals surface area contributed by atoms with Gasteiger partial charge in [-0.25, -0.2) is 13.8 Å². The van der Waals surface area contributed by atoms with Gasteiger partial charge in [0.2, 0.25) is 5.91 Å². The van der Waals surface area contributed by atoms with Crippen molar-refractivity contribution in [1.82, 2.24) is 5.01 Å². The van der Waals surface area contributed by atoms with Crippen LogP contribution in [0.2, 0.25) is 0 Å². The number of para-hydroxylation sites is 1. The number of hydrazone groups is 1. The SMILES string of the molecule is CC(=O)N1N=C(c2cc(F)ccc2F)SC12c1ccccc1OCC2C[C@@H](O)CO. The van der Waals surface area contributed by atoms with E-state index in [0.717, 1.165) is 30.0 Å². The Hall–Kier alpha value is -2.49. The molecular formula is C21H20F2N2O4S. The highest BCUT2D eigenvalue weighted by Crippen LogP contribution is 2.57. The molecule has 1 amide bonds. The summed E-state index contributed by atoms with van der Waals surface area (Å²) in [5.41, 5.74) is 0.593. The third-order valence-electron chi connectivity index (χ3n) is 5.25. The van der Waals surface area contributed by atoms with Crippen molar-refractivity contribution in [1.29, 1.82) is 0 Å². The fourth-order valence-corrected chi connectivity index (χ4v) is 5.47. The van der Waals surface area contributed by atoms with E-state index < -0.39 is 41.0 Å². The fraction of sp³-hybridized carbons (Fsp3) is 0.333. The molecule has 3 atom stereocenters. The van der Waals surface area contributed by atoms with E-state index in [-0.39, 0.29) is 23.6 Å². The smallest absolute Gasteiger partial charge is 0.241 e. The van der Waals surface area contributed by atoms with Crippen molar-refractivity contribution in [3.05, 3.63) is 65.2 Å². The summed E-state index contributed by atoms with van der Waals surface area (Å²) in [7, 11) is 0. The van der Waals surface area contributed by atoms with E-state index in [2.05, 4.69) is 5.10 Å². The predicted molar refractivity (Wildman–Crippen MR) is 108 cm³/mol. The number of aliphatic hydroxyl groups excluding tert-OH is 2. The Morgan fingerprint density at radius 1 is 1.37 bits per heavy atom. The summed E-state index contributed by atoms with van der Waals surface area (Å²) in [6.07, 6.45) is -0.916. The number of hydrogen-bond acceptors (Lipinski definition) is 6. The first-order valence-electron chi connectivity index (χ1n) is 9.42. The maximum Gasteiger partial charge on any atom is 0.241 e. The van der Waals surface area contributed by atoms with Gasteiger partial charge in [-0.1, -0.05) is 30.0 Å². The minimum absolute atomic E-state index is 0.0476. The van der Waals surface area contributed by atoms with Gasteiger partial charge in [0.05, 0.1) is 19.3 Å². The molecule has 6 nitrogen and oxygen atoms in total. The Balaban J connectivity index is 1.88. The van der Waals surface area contributed by atoms with Crippen LogP contribution in [0.4, 0.5) is 8.78 Å². The minimum Gasteiger partial charge on any atom is -0.493 e. The number of carbonyl (C=O) groups excluding carboxylic acids is 1. The van der Waals surface area contributed by atoms with Crippen molar-refractivity contribution in [3.63, 3.8) is 0 Å². The molecule has 2 aromatic carbocycles.